The lowest BCUT2D eigenvalue weighted by molar-refractivity contribution is -0.150. The molecule has 6 amide bonds. The Kier molecular flexibility index (Phi) is 19.1. The molecule has 22 heteroatoms. The van der Waals surface area contributed by atoms with Crippen LogP contribution < -0.4 is 29.6 Å². The molecule has 15 aromatic rings. The third-order valence-electron chi connectivity index (χ3n) is 22.9. The van der Waals surface area contributed by atoms with Gasteiger partial charge in [-0.2, -0.15) is 0 Å². The first-order chi connectivity index (χ1) is 58.0. The van der Waals surface area contributed by atoms with Crippen LogP contribution in [0.1, 0.15) is 110 Å². The lowest BCUT2D eigenvalue weighted by Gasteiger charge is -2.35. The number of carbonyl (C=O) groups is 8. The number of esters is 2. The zero-order valence-electron chi connectivity index (χ0n) is 66.9. The molecule has 4 unspecified atom stereocenters. The number of imide groups is 2. The topological polar surface area (TPSA) is 274 Å². The van der Waals surface area contributed by atoms with E-state index in [1.54, 1.807) is 42.5 Å². The van der Waals surface area contributed by atoms with Crippen LogP contribution in [0.2, 0.25) is 0 Å². The van der Waals surface area contributed by atoms with E-state index in [1.807, 2.05) is 195 Å². The molecular formula is C98H80N4O18. The quantitative estimate of drug-likeness (QED) is 0.0168. The predicted molar refractivity (Wildman–Crippen MR) is 452 cm³/mol. The van der Waals surface area contributed by atoms with Crippen molar-refractivity contribution in [1.29, 1.82) is 0 Å². The van der Waals surface area contributed by atoms with Crippen molar-refractivity contribution in [3.63, 3.8) is 0 Å². The van der Waals surface area contributed by atoms with Gasteiger partial charge < -0.3 is 57.4 Å². The molecule has 4 atom stereocenters. The van der Waals surface area contributed by atoms with Crippen LogP contribution in [0.4, 0.5) is 0 Å². The minimum atomic E-state index is -1.74. The van der Waals surface area contributed by atoms with Gasteiger partial charge in [0.05, 0.1) is 60.5 Å². The average molecular weight is 1600 g/mol. The zero-order valence-corrected chi connectivity index (χ0v) is 66.9. The Morgan fingerprint density at radius 1 is 0.375 bits per heavy atom. The van der Waals surface area contributed by atoms with Gasteiger partial charge >= 0.3 is 11.9 Å². The molecule has 2 fully saturated rings. The molecule has 2 saturated heterocycles. The van der Waals surface area contributed by atoms with Crippen molar-refractivity contribution in [3.05, 3.63) is 260 Å². The predicted octanol–water partition coefficient (Wildman–Crippen LogP) is 18.5. The van der Waals surface area contributed by atoms with E-state index in [2.05, 4.69) is 10.6 Å². The van der Waals surface area contributed by atoms with Crippen molar-refractivity contribution in [2.24, 2.45) is 0 Å². The molecular weight excluding hydrogens is 1520 g/mol. The summed E-state index contributed by atoms with van der Waals surface area (Å²) in [5.41, 5.74) is 9.11. The number of hydrogen-bond donors (Lipinski definition) is 2. The Hall–Kier alpha value is -14.0. The van der Waals surface area contributed by atoms with E-state index in [-0.39, 0.29) is 139 Å². The van der Waals surface area contributed by atoms with Crippen molar-refractivity contribution in [3.8, 4) is 46.0 Å². The number of nitrogens with zero attached hydrogens (tertiary/aromatic N) is 2. The highest BCUT2D eigenvalue weighted by molar-refractivity contribution is 6.45. The summed E-state index contributed by atoms with van der Waals surface area (Å²) in [5, 5.41) is 10.1. The van der Waals surface area contributed by atoms with Crippen LogP contribution in [0.25, 0.3) is 87.0 Å². The van der Waals surface area contributed by atoms with E-state index in [1.165, 1.54) is 0 Å². The highest BCUT2D eigenvalue weighted by atomic mass is 16.6. The summed E-state index contributed by atoms with van der Waals surface area (Å²) >= 11 is 0. The minimum Gasteiger partial charge on any atom is -0.464 e. The monoisotopic (exact) mass is 1600 g/mol. The number of nitrogens with one attached hydrogen (secondary N) is 2. The number of carbonyl (C=O) groups excluding carboxylic acids is 8. The number of ether oxygens (including phenoxy) is 8. The second-order valence-corrected chi connectivity index (χ2v) is 31.9. The van der Waals surface area contributed by atoms with Crippen molar-refractivity contribution >= 4 is 134 Å². The number of amides is 6. The van der Waals surface area contributed by atoms with E-state index in [0.29, 0.717) is 80.4 Å². The van der Waals surface area contributed by atoms with E-state index in [4.69, 9.17) is 46.7 Å². The molecule has 0 aliphatic carbocycles. The maximum Gasteiger partial charge on any atom is 0.329 e. The second kappa shape index (κ2) is 30.2. The fourth-order valence-electron chi connectivity index (χ4n) is 17.3. The van der Waals surface area contributed by atoms with Crippen molar-refractivity contribution in [2.75, 3.05) is 39.5 Å². The molecule has 2 aromatic heterocycles. The molecule has 2 N–H and O–H groups in total. The van der Waals surface area contributed by atoms with Gasteiger partial charge in [0.1, 0.15) is 93.6 Å². The highest BCUT2D eigenvalue weighted by Gasteiger charge is 2.48. The van der Waals surface area contributed by atoms with Crippen LogP contribution in [0, 0.1) is 55.4 Å². The number of rotatable bonds is 26. The Morgan fingerprint density at radius 2 is 0.717 bits per heavy atom. The molecule has 13 aromatic carbocycles. The van der Waals surface area contributed by atoms with Crippen LogP contribution in [0.3, 0.4) is 0 Å². The lowest BCUT2D eigenvalue weighted by Crippen LogP contribution is -2.52. The summed E-state index contributed by atoms with van der Waals surface area (Å²) in [6.07, 6.45) is -1.40. The first kappa shape index (κ1) is 76.0. The summed E-state index contributed by atoms with van der Waals surface area (Å²) in [6, 6.07) is 51.0. The molecule has 120 heavy (non-hydrogen) atoms. The van der Waals surface area contributed by atoms with Gasteiger partial charge in [-0.15, -0.1) is 0 Å². The van der Waals surface area contributed by atoms with Gasteiger partial charge in [-0.3, -0.25) is 38.6 Å². The van der Waals surface area contributed by atoms with Gasteiger partial charge in [0.2, 0.25) is 11.8 Å². The van der Waals surface area contributed by atoms with Crippen LogP contribution in [0.5, 0.6) is 46.0 Å². The Labute approximate surface area is 687 Å². The third kappa shape index (κ3) is 14.0. The number of furan rings is 2. The molecule has 4 aliphatic rings. The minimum absolute atomic E-state index is 0.00792. The average Bonchev–Trinajstić information content (AvgIpc) is 0.875. The largest absolute Gasteiger partial charge is 0.464 e. The summed E-state index contributed by atoms with van der Waals surface area (Å²) in [6.45, 7) is 16.1. The fraction of sp³-hybridized carbons (Fsp3) is 0.224. The Morgan fingerprint density at radius 3 is 1.07 bits per heavy atom. The number of benzene rings is 13. The van der Waals surface area contributed by atoms with Gasteiger partial charge in [-0.1, -0.05) is 97.1 Å². The van der Waals surface area contributed by atoms with Crippen LogP contribution in [-0.4, -0.2) is 121 Å². The number of para-hydroxylation sites is 4. The van der Waals surface area contributed by atoms with E-state index < -0.39 is 72.7 Å². The zero-order chi connectivity index (χ0) is 82.8. The fourth-order valence-corrected chi connectivity index (χ4v) is 17.3. The second-order valence-electron chi connectivity index (χ2n) is 31.9. The van der Waals surface area contributed by atoms with Gasteiger partial charge in [-0.05, 0) is 196 Å². The van der Waals surface area contributed by atoms with E-state index in [0.717, 1.165) is 65.1 Å². The molecule has 0 saturated carbocycles. The number of epoxide rings is 2. The van der Waals surface area contributed by atoms with Gasteiger partial charge in [0, 0.05) is 90.6 Å². The number of fused-ring (bicyclic) bond motifs is 8. The molecule has 6 heterocycles. The van der Waals surface area contributed by atoms with E-state index >= 15 is 28.8 Å². The SMILES string of the molecule is Cc1cc(C)cc(Oc2cc3c4c(cc(Oc5cc(C)cc(C)c5)c5c6c(Oc7ccc(C)c(C)c7)cc7c8c(cc(Oc9cc(C)cc(C)c9)c(c2c45)c86)C(=O)N(C(Cc2cccc4c2oc2ccccc24)C(=O)OCCC(=O)NCC2CO2)C7=O)C(=O)N(C(Cc2cccc4c2oc2ccccc24)C(=O)OCCC(=O)NCC2CO2)C3=O)c1. The van der Waals surface area contributed by atoms with Crippen LogP contribution >= 0.6 is 0 Å². The summed E-state index contributed by atoms with van der Waals surface area (Å²) < 4.78 is 65.7. The van der Waals surface area contributed by atoms with Crippen LogP contribution in [0.15, 0.2) is 191 Å². The van der Waals surface area contributed by atoms with Crippen molar-refractivity contribution < 1.29 is 85.1 Å². The van der Waals surface area contributed by atoms with Gasteiger partial charge in [0.15, 0.2) is 0 Å². The van der Waals surface area contributed by atoms with Gasteiger partial charge in [-0.25, -0.2) is 9.59 Å². The smallest absolute Gasteiger partial charge is 0.329 e. The third-order valence-corrected chi connectivity index (χ3v) is 22.9. The molecule has 0 spiro atoms. The Balaban J connectivity index is 0.889. The first-order valence-electron chi connectivity index (χ1n) is 40.1. The number of aryl methyl sites for hydroxylation is 8. The van der Waals surface area contributed by atoms with Gasteiger partial charge in [0.25, 0.3) is 23.6 Å². The van der Waals surface area contributed by atoms with Crippen molar-refractivity contribution in [2.45, 2.75) is 105 Å². The van der Waals surface area contributed by atoms with E-state index in [9.17, 15) is 9.59 Å². The molecule has 19 rings (SSSR count). The molecule has 0 radical (unpaired) electrons. The first-order valence-corrected chi connectivity index (χ1v) is 40.1. The van der Waals surface area contributed by atoms with Crippen molar-refractivity contribution in [1.82, 2.24) is 20.4 Å². The highest BCUT2D eigenvalue weighted by Crippen LogP contribution is 2.59. The molecule has 22 nitrogen and oxygen atoms in total. The lowest BCUT2D eigenvalue weighted by atomic mass is 9.80. The maximum absolute atomic E-state index is 17.0. The maximum atomic E-state index is 17.0. The number of hydrogen-bond acceptors (Lipinski definition) is 18. The standard InChI is InChI=1S/C98H80N4O18/c1-49-29-50(2)33-60(32-49)116-78-42-71-84-72(96(108)102(95(71)107)74(98(110)112-28-26-82(104)100-46-64-48-114-64)40-58-16-14-20-68-66-18-10-12-22-76(66)120-92(58)68)44-80(118-62-36-53(5)31-54(6)37-62)88-87-79(117-61-34-51(3)30-52(4)35-61)43-70-83-69(41-77(85(89(83)87)86(78)90(84)88)115-59-24-23-55(7)56(8)38-59)93(105)101(94(70)106)73(97(109)111-27-25-81(103)99-45-63-47-113-63)39-57-15-13-19-67-65-17-9-11-21-75(65)119-91(57)67/h9-24,29-38,41-44,63-64,73-74H,25-28,39-40,45-48H2,1-8H3,(H,99,103)(H,100,104). The summed E-state index contributed by atoms with van der Waals surface area (Å²) in [4.78, 5) is 128. The molecule has 4 aliphatic heterocycles. The van der Waals surface area contributed by atoms with Crippen LogP contribution in [-0.2, 0) is 51.0 Å². The summed E-state index contributed by atoms with van der Waals surface area (Å²) in [7, 11) is 0. The molecule has 600 valence electrons. The molecule has 0 bridgehead atoms. The normalized spacial score (nSPS) is 15.4. The summed E-state index contributed by atoms with van der Waals surface area (Å²) in [5.74, 6) is -5.24. The Bertz CT molecular complexity index is 6840.